The van der Waals surface area contributed by atoms with Gasteiger partial charge in [0.15, 0.2) is 0 Å². The minimum atomic E-state index is -0.482. The van der Waals surface area contributed by atoms with Crippen molar-refractivity contribution in [3.8, 4) is 0 Å². The van der Waals surface area contributed by atoms with Crippen LogP contribution in [0.1, 0.15) is 66.6 Å². The number of likely N-dealkylation sites (tertiary alicyclic amines) is 1. The molecule has 0 saturated carbocycles. The zero-order chi connectivity index (χ0) is 24.6. The number of benzene rings is 2. The van der Waals surface area contributed by atoms with Gasteiger partial charge in [-0.2, -0.15) is 0 Å². The molecule has 2 aromatic rings. The molecule has 0 spiro atoms. The number of fused-ring (bicyclic) bond motifs is 1. The number of hydrogen-bond acceptors (Lipinski definition) is 4. The predicted octanol–water partition coefficient (Wildman–Crippen LogP) is 4.44. The molecule has 2 saturated heterocycles. The number of amides is 2. The van der Waals surface area contributed by atoms with Gasteiger partial charge in [-0.05, 0) is 87.4 Å². The van der Waals surface area contributed by atoms with E-state index in [1.54, 1.807) is 13.2 Å². The number of nitrogens with one attached hydrogen (secondary N) is 2. The van der Waals surface area contributed by atoms with E-state index >= 15 is 0 Å². The fourth-order valence-corrected chi connectivity index (χ4v) is 5.36. The summed E-state index contributed by atoms with van der Waals surface area (Å²) >= 11 is 0. The normalized spacial score (nSPS) is 25.1. The molecule has 2 heterocycles. The number of nitrogens with zero attached hydrogens (tertiary/aromatic N) is 1. The Morgan fingerprint density at radius 1 is 1.18 bits per heavy atom. The van der Waals surface area contributed by atoms with Gasteiger partial charge >= 0.3 is 0 Å². The number of methoxy groups -OCH3 is 1. The Morgan fingerprint density at radius 2 is 1.94 bits per heavy atom. The molecule has 2 aliphatic heterocycles. The first-order valence-corrected chi connectivity index (χ1v) is 12.2. The van der Waals surface area contributed by atoms with Crippen molar-refractivity contribution in [3.63, 3.8) is 0 Å². The number of carbonyl (C=O) groups is 2. The zero-order valence-electron chi connectivity index (χ0n) is 21.1. The van der Waals surface area contributed by atoms with Gasteiger partial charge in [-0.15, -0.1) is 0 Å². The predicted molar refractivity (Wildman–Crippen MR) is 135 cm³/mol. The maximum Gasteiger partial charge on any atom is 0.255 e. The average Bonchev–Trinajstić information content (AvgIpc) is 2.83. The van der Waals surface area contributed by atoms with Crippen molar-refractivity contribution in [2.45, 2.75) is 64.1 Å². The maximum atomic E-state index is 13.4. The molecule has 6 heteroatoms. The summed E-state index contributed by atoms with van der Waals surface area (Å²) in [6.45, 7) is 9.10. The molecular formula is C28H37N3O3. The number of ether oxygens (including phenoxy) is 1. The first kappa shape index (κ1) is 24.4. The first-order chi connectivity index (χ1) is 16.1. The summed E-state index contributed by atoms with van der Waals surface area (Å²) < 4.78 is 5.56. The van der Waals surface area contributed by atoms with Crippen LogP contribution in [-0.4, -0.2) is 49.5 Å². The largest absolute Gasteiger partial charge is 0.374 e. The molecular weight excluding hydrogens is 426 g/mol. The summed E-state index contributed by atoms with van der Waals surface area (Å²) in [5.41, 5.74) is 3.81. The first-order valence-electron chi connectivity index (χ1n) is 12.2. The summed E-state index contributed by atoms with van der Waals surface area (Å²) in [6.07, 6.45) is 1.83. The van der Waals surface area contributed by atoms with Gasteiger partial charge in [0.1, 0.15) is 0 Å². The van der Waals surface area contributed by atoms with E-state index in [1.807, 2.05) is 69.1 Å². The van der Waals surface area contributed by atoms with Crippen LogP contribution in [0, 0.1) is 12.8 Å². The number of piperidine rings is 2. The van der Waals surface area contributed by atoms with Crippen LogP contribution in [-0.2, 0) is 15.1 Å². The van der Waals surface area contributed by atoms with Gasteiger partial charge in [-0.1, -0.05) is 18.2 Å². The quantitative estimate of drug-likeness (QED) is 0.688. The van der Waals surface area contributed by atoms with Crippen LogP contribution in [0.2, 0.25) is 0 Å². The van der Waals surface area contributed by atoms with Crippen molar-refractivity contribution < 1.29 is 14.3 Å². The Bertz CT molecular complexity index is 1080. The number of rotatable bonds is 5. The van der Waals surface area contributed by atoms with E-state index in [1.165, 1.54) is 0 Å². The maximum absolute atomic E-state index is 13.4. The third-order valence-corrected chi connectivity index (χ3v) is 7.79. The summed E-state index contributed by atoms with van der Waals surface area (Å²) in [4.78, 5) is 28.4. The fraction of sp³-hybridized carbons (Fsp3) is 0.500. The molecule has 2 amide bonds. The van der Waals surface area contributed by atoms with Gasteiger partial charge in [-0.25, -0.2) is 0 Å². The number of anilines is 1. The van der Waals surface area contributed by atoms with E-state index in [2.05, 4.69) is 17.6 Å². The molecule has 2 aliphatic rings. The van der Waals surface area contributed by atoms with Gasteiger partial charge in [0.25, 0.3) is 5.91 Å². The van der Waals surface area contributed by atoms with E-state index < -0.39 is 5.60 Å². The molecule has 4 atom stereocenters. The van der Waals surface area contributed by atoms with Crippen molar-refractivity contribution in [2.75, 3.05) is 26.0 Å². The molecule has 2 aromatic carbocycles. The van der Waals surface area contributed by atoms with E-state index in [-0.39, 0.29) is 17.7 Å². The molecule has 2 N–H and O–H groups in total. The molecule has 0 aliphatic carbocycles. The Kier molecular flexibility index (Phi) is 6.83. The molecule has 34 heavy (non-hydrogen) atoms. The van der Waals surface area contributed by atoms with Crippen LogP contribution in [0.4, 0.5) is 5.69 Å². The van der Waals surface area contributed by atoms with E-state index in [0.29, 0.717) is 29.3 Å². The van der Waals surface area contributed by atoms with Crippen LogP contribution < -0.4 is 10.6 Å². The van der Waals surface area contributed by atoms with Crippen molar-refractivity contribution in [1.29, 1.82) is 0 Å². The zero-order valence-corrected chi connectivity index (χ0v) is 21.1. The van der Waals surface area contributed by atoms with Crippen LogP contribution in [0.25, 0.3) is 0 Å². The summed E-state index contributed by atoms with van der Waals surface area (Å²) in [7, 11) is 3.61. The second-order valence-electron chi connectivity index (χ2n) is 10.4. The molecule has 0 bridgehead atoms. The van der Waals surface area contributed by atoms with E-state index in [9.17, 15) is 9.59 Å². The molecule has 0 radical (unpaired) electrons. The van der Waals surface area contributed by atoms with E-state index in [4.69, 9.17) is 4.74 Å². The highest BCUT2D eigenvalue weighted by Gasteiger charge is 2.43. The number of likely N-dealkylation sites (N-methyl/N-ethyl adjacent to an activating group) is 1. The number of aryl methyl sites for hydroxylation is 1. The van der Waals surface area contributed by atoms with Gasteiger partial charge in [0, 0.05) is 44.0 Å². The highest BCUT2D eigenvalue weighted by molar-refractivity contribution is 6.04. The molecule has 0 aromatic heterocycles. The van der Waals surface area contributed by atoms with Gasteiger partial charge in [0.2, 0.25) is 5.91 Å². The smallest absolute Gasteiger partial charge is 0.255 e. The summed E-state index contributed by atoms with van der Waals surface area (Å²) in [5, 5.41) is 6.61. The molecule has 4 rings (SSSR count). The Labute approximate surface area is 203 Å². The van der Waals surface area contributed by atoms with Crippen molar-refractivity contribution in [2.24, 2.45) is 5.92 Å². The lowest BCUT2D eigenvalue weighted by atomic mass is 9.75. The SMILES string of the molecule is COC(C)(C)c1cccc(C(=O)Nc2ccc(C)c([C@H]3CC4CNC(C)CC4N(C)C3=O)c2)c1. The van der Waals surface area contributed by atoms with E-state index in [0.717, 1.165) is 36.1 Å². The second-order valence-corrected chi connectivity index (χ2v) is 10.4. The molecule has 3 unspecified atom stereocenters. The van der Waals surface area contributed by atoms with Gasteiger partial charge < -0.3 is 20.3 Å². The van der Waals surface area contributed by atoms with Crippen LogP contribution in [0.5, 0.6) is 0 Å². The molecule has 6 nitrogen and oxygen atoms in total. The highest BCUT2D eigenvalue weighted by Crippen LogP contribution is 2.39. The Balaban J connectivity index is 1.56. The summed E-state index contributed by atoms with van der Waals surface area (Å²) in [5.74, 6) is 0.246. The van der Waals surface area contributed by atoms with Gasteiger partial charge in [0.05, 0.1) is 11.5 Å². The number of hydrogen-bond donors (Lipinski definition) is 2. The van der Waals surface area contributed by atoms with Crippen molar-refractivity contribution in [3.05, 3.63) is 64.7 Å². The highest BCUT2D eigenvalue weighted by atomic mass is 16.5. The summed E-state index contributed by atoms with van der Waals surface area (Å²) in [6, 6.07) is 14.1. The minimum Gasteiger partial charge on any atom is -0.374 e. The van der Waals surface area contributed by atoms with Gasteiger partial charge in [-0.3, -0.25) is 9.59 Å². The average molecular weight is 464 g/mol. The van der Waals surface area contributed by atoms with Crippen LogP contribution >= 0.6 is 0 Å². The van der Waals surface area contributed by atoms with Crippen molar-refractivity contribution >= 4 is 17.5 Å². The van der Waals surface area contributed by atoms with Crippen LogP contribution in [0.3, 0.4) is 0 Å². The fourth-order valence-electron chi connectivity index (χ4n) is 5.36. The standard InChI is InChI=1S/C28H37N3O3/c1-17-10-11-22(30-26(32)19-8-7-9-21(13-19)28(3,4)34-6)15-23(17)24-14-20-16-29-18(2)12-25(20)31(5)27(24)33/h7-11,13,15,18,20,24-25,29H,12,14,16H2,1-6H3,(H,30,32)/t18?,20?,24-,25?/m1/s1. The third kappa shape index (κ3) is 4.75. The molecule has 2 fully saturated rings. The lowest BCUT2D eigenvalue weighted by Crippen LogP contribution is -2.57. The monoisotopic (exact) mass is 463 g/mol. The van der Waals surface area contributed by atoms with Crippen LogP contribution in [0.15, 0.2) is 42.5 Å². The van der Waals surface area contributed by atoms with Crippen molar-refractivity contribution in [1.82, 2.24) is 10.2 Å². The lowest BCUT2D eigenvalue weighted by molar-refractivity contribution is -0.140. The molecule has 182 valence electrons. The minimum absolute atomic E-state index is 0.177. The lowest BCUT2D eigenvalue weighted by Gasteiger charge is -2.47. The second kappa shape index (κ2) is 9.51. The third-order valence-electron chi connectivity index (χ3n) is 7.79. The Morgan fingerprint density at radius 3 is 2.68 bits per heavy atom. The topological polar surface area (TPSA) is 70.7 Å². The number of carbonyl (C=O) groups excluding carboxylic acids is 2. The Hall–Kier alpha value is -2.70.